The summed E-state index contributed by atoms with van der Waals surface area (Å²) >= 11 is 0.0443. The number of hydrogen-bond acceptors (Lipinski definition) is 2. The first-order valence-corrected chi connectivity index (χ1v) is 8.35. The molecule has 3 nitrogen and oxygen atoms in total. The van der Waals surface area contributed by atoms with Gasteiger partial charge in [0.15, 0.2) is 0 Å². The quantitative estimate of drug-likeness (QED) is 0.308. The standard InChI is InChI=1S/C18H11NO2Se/c20-19(21)16-10-8-14(9-11-16)12-13-22-18-7-3-5-15-4-1-2-6-17(15)18/h1-11H. The Hall–Kier alpha value is -2.60. The third-order valence-electron chi connectivity index (χ3n) is 3.18. The Morgan fingerprint density at radius 3 is 2.41 bits per heavy atom. The van der Waals surface area contributed by atoms with E-state index in [2.05, 4.69) is 35.0 Å². The van der Waals surface area contributed by atoms with Gasteiger partial charge >= 0.3 is 134 Å². The molecule has 0 saturated carbocycles. The number of non-ortho nitro benzene ring substituents is 1. The van der Waals surface area contributed by atoms with Gasteiger partial charge in [0, 0.05) is 0 Å². The molecular weight excluding hydrogens is 341 g/mol. The Balaban J connectivity index is 1.81. The van der Waals surface area contributed by atoms with Crippen molar-refractivity contribution in [2.75, 3.05) is 0 Å². The van der Waals surface area contributed by atoms with Crippen LogP contribution in [0.3, 0.4) is 0 Å². The average Bonchev–Trinajstić information content (AvgIpc) is 2.55. The van der Waals surface area contributed by atoms with Crippen LogP contribution in [0.25, 0.3) is 10.8 Å². The van der Waals surface area contributed by atoms with Crippen LogP contribution in [0, 0.1) is 20.9 Å². The Labute approximate surface area is 134 Å². The van der Waals surface area contributed by atoms with E-state index in [0.29, 0.717) is 0 Å². The second-order valence-corrected chi connectivity index (χ2v) is 6.39. The predicted octanol–water partition coefficient (Wildman–Crippen LogP) is 3.09. The third-order valence-corrected chi connectivity index (χ3v) is 4.82. The predicted molar refractivity (Wildman–Crippen MR) is 89.3 cm³/mol. The SMILES string of the molecule is O=[N+]([O-])c1ccc(C#C[Se]c2cccc3ccccc23)cc1. The van der Waals surface area contributed by atoms with E-state index in [1.807, 2.05) is 18.2 Å². The summed E-state index contributed by atoms with van der Waals surface area (Å²) in [7, 11) is 0. The summed E-state index contributed by atoms with van der Waals surface area (Å²) < 4.78 is 1.25. The van der Waals surface area contributed by atoms with E-state index in [1.54, 1.807) is 12.1 Å². The van der Waals surface area contributed by atoms with Crippen LogP contribution in [0.15, 0.2) is 66.7 Å². The fraction of sp³-hybridized carbons (Fsp3) is 0. The minimum absolute atomic E-state index is 0.0443. The molecule has 0 N–H and O–H groups in total. The molecular formula is C18H11NO2Se. The molecule has 0 unspecified atom stereocenters. The number of nitrogens with zero attached hydrogens (tertiary/aromatic N) is 1. The van der Waals surface area contributed by atoms with Crippen LogP contribution in [-0.4, -0.2) is 19.9 Å². The van der Waals surface area contributed by atoms with E-state index in [-0.39, 0.29) is 20.6 Å². The van der Waals surface area contributed by atoms with Gasteiger partial charge in [-0.15, -0.1) is 0 Å². The third kappa shape index (κ3) is 3.17. The van der Waals surface area contributed by atoms with Crippen LogP contribution in [0.1, 0.15) is 5.56 Å². The van der Waals surface area contributed by atoms with E-state index < -0.39 is 4.92 Å². The zero-order valence-electron chi connectivity index (χ0n) is 11.5. The Morgan fingerprint density at radius 1 is 0.909 bits per heavy atom. The van der Waals surface area contributed by atoms with Gasteiger partial charge in [-0.2, -0.15) is 0 Å². The average molecular weight is 352 g/mol. The first-order valence-electron chi connectivity index (χ1n) is 6.64. The van der Waals surface area contributed by atoms with Crippen molar-refractivity contribution in [1.82, 2.24) is 0 Å². The first kappa shape index (κ1) is 14.3. The Kier molecular flexibility index (Phi) is 4.20. The molecule has 0 amide bonds. The van der Waals surface area contributed by atoms with Crippen molar-refractivity contribution >= 4 is 35.9 Å². The molecule has 0 aliphatic carbocycles. The zero-order valence-corrected chi connectivity index (χ0v) is 13.2. The van der Waals surface area contributed by atoms with Crippen molar-refractivity contribution in [3.8, 4) is 10.7 Å². The summed E-state index contributed by atoms with van der Waals surface area (Å²) in [6.07, 6.45) is 0. The second kappa shape index (κ2) is 6.44. The van der Waals surface area contributed by atoms with Gasteiger partial charge in [0.2, 0.25) is 0 Å². The topological polar surface area (TPSA) is 43.1 Å². The molecule has 0 atom stereocenters. The molecule has 0 heterocycles. The van der Waals surface area contributed by atoms with E-state index in [0.717, 1.165) is 5.56 Å². The number of nitro groups is 1. The molecule has 0 aromatic heterocycles. The molecule has 4 heteroatoms. The van der Waals surface area contributed by atoms with Crippen molar-refractivity contribution < 1.29 is 4.92 Å². The molecule has 0 radical (unpaired) electrons. The van der Waals surface area contributed by atoms with Crippen molar-refractivity contribution in [3.05, 3.63) is 82.4 Å². The van der Waals surface area contributed by atoms with E-state index in [1.165, 1.54) is 27.4 Å². The van der Waals surface area contributed by atoms with Crippen LogP contribution in [0.2, 0.25) is 0 Å². The van der Waals surface area contributed by atoms with Crippen molar-refractivity contribution in [2.45, 2.75) is 0 Å². The molecule has 0 spiro atoms. The molecule has 0 fully saturated rings. The van der Waals surface area contributed by atoms with Crippen LogP contribution in [0.5, 0.6) is 0 Å². The first-order chi connectivity index (χ1) is 10.7. The van der Waals surface area contributed by atoms with Crippen LogP contribution >= 0.6 is 0 Å². The minimum atomic E-state index is -0.406. The van der Waals surface area contributed by atoms with Crippen LogP contribution in [0.4, 0.5) is 5.69 Å². The van der Waals surface area contributed by atoms with Crippen molar-refractivity contribution in [2.24, 2.45) is 0 Å². The van der Waals surface area contributed by atoms with Crippen molar-refractivity contribution in [3.63, 3.8) is 0 Å². The summed E-state index contributed by atoms with van der Waals surface area (Å²) in [5, 5.41) is 13.1. The maximum absolute atomic E-state index is 10.6. The molecule has 0 saturated heterocycles. The molecule has 22 heavy (non-hydrogen) atoms. The number of rotatable bonds is 2. The Morgan fingerprint density at radius 2 is 1.64 bits per heavy atom. The zero-order chi connectivity index (χ0) is 15.4. The summed E-state index contributed by atoms with van der Waals surface area (Å²) in [6.45, 7) is 0. The Bertz CT molecular complexity index is 887. The number of hydrogen-bond donors (Lipinski definition) is 0. The van der Waals surface area contributed by atoms with Gasteiger partial charge in [-0.3, -0.25) is 0 Å². The number of nitro benzene ring substituents is 1. The maximum atomic E-state index is 10.6. The van der Waals surface area contributed by atoms with Gasteiger partial charge in [0.05, 0.1) is 0 Å². The van der Waals surface area contributed by atoms with Gasteiger partial charge in [-0.25, -0.2) is 0 Å². The monoisotopic (exact) mass is 353 g/mol. The fourth-order valence-electron chi connectivity index (χ4n) is 2.09. The van der Waals surface area contributed by atoms with Crippen LogP contribution in [-0.2, 0) is 0 Å². The fourth-order valence-corrected chi connectivity index (χ4v) is 3.60. The molecule has 0 bridgehead atoms. The van der Waals surface area contributed by atoms with E-state index in [4.69, 9.17) is 0 Å². The normalized spacial score (nSPS) is 10.0. The summed E-state index contributed by atoms with van der Waals surface area (Å²) in [6, 6.07) is 20.9. The van der Waals surface area contributed by atoms with E-state index in [9.17, 15) is 10.1 Å². The summed E-state index contributed by atoms with van der Waals surface area (Å²) in [4.78, 5) is 13.4. The van der Waals surface area contributed by atoms with Gasteiger partial charge in [-0.1, -0.05) is 0 Å². The molecule has 0 aliphatic heterocycles. The van der Waals surface area contributed by atoms with Gasteiger partial charge < -0.3 is 0 Å². The molecule has 106 valence electrons. The van der Waals surface area contributed by atoms with E-state index >= 15 is 0 Å². The van der Waals surface area contributed by atoms with Gasteiger partial charge in [0.25, 0.3) is 0 Å². The van der Waals surface area contributed by atoms with Gasteiger partial charge in [0.1, 0.15) is 0 Å². The second-order valence-electron chi connectivity index (χ2n) is 4.61. The summed E-state index contributed by atoms with van der Waals surface area (Å²) in [5.74, 6) is 3.08. The molecule has 3 aromatic rings. The molecule has 3 aromatic carbocycles. The van der Waals surface area contributed by atoms with Gasteiger partial charge in [-0.05, 0) is 0 Å². The summed E-state index contributed by atoms with van der Waals surface area (Å²) in [5.41, 5.74) is 0.887. The number of benzene rings is 3. The molecule has 0 aliphatic rings. The van der Waals surface area contributed by atoms with Crippen LogP contribution < -0.4 is 4.46 Å². The number of fused-ring (bicyclic) bond motifs is 1. The molecule has 3 rings (SSSR count). The van der Waals surface area contributed by atoms with Crippen molar-refractivity contribution in [1.29, 1.82) is 0 Å².